The molecule has 2 heterocycles. The van der Waals surface area contributed by atoms with Gasteiger partial charge in [0.25, 0.3) is 5.91 Å². The Morgan fingerprint density at radius 3 is 2.88 bits per heavy atom. The van der Waals surface area contributed by atoms with Gasteiger partial charge in [-0.2, -0.15) is 0 Å². The summed E-state index contributed by atoms with van der Waals surface area (Å²) in [4.78, 5) is 40.6. The third-order valence-electron chi connectivity index (χ3n) is 3.15. The van der Waals surface area contributed by atoms with E-state index in [2.05, 4.69) is 15.6 Å². The molecule has 2 N–H and O–H groups in total. The Morgan fingerprint density at radius 1 is 1.38 bits per heavy atom. The zero-order chi connectivity index (χ0) is 17.1. The molecule has 122 valence electrons. The van der Waals surface area contributed by atoms with Crippen LogP contribution in [0.4, 0.5) is 14.3 Å². The number of thiazole rings is 1. The minimum absolute atomic E-state index is 0.0906. The number of carbonyl (C=O) groups is 3. The highest BCUT2D eigenvalue weighted by atomic mass is 32.1. The maximum atomic E-state index is 13.6. The third-order valence-corrected chi connectivity index (χ3v) is 3.84. The van der Waals surface area contributed by atoms with Gasteiger partial charge < -0.3 is 10.6 Å². The van der Waals surface area contributed by atoms with E-state index in [9.17, 15) is 18.8 Å². The van der Waals surface area contributed by atoms with Crippen LogP contribution in [-0.4, -0.2) is 34.3 Å². The molecule has 0 spiro atoms. The van der Waals surface area contributed by atoms with E-state index in [0.717, 1.165) is 4.90 Å². The van der Waals surface area contributed by atoms with Crippen molar-refractivity contribution in [3.05, 3.63) is 52.9 Å². The number of urea groups is 1. The topological polar surface area (TPSA) is 91.4 Å². The number of hydrogen-bond donors (Lipinski definition) is 2. The molecular weight excluding hydrogens is 335 g/mol. The van der Waals surface area contributed by atoms with Crippen LogP contribution in [0.25, 0.3) is 6.08 Å². The molecule has 1 aromatic carbocycles. The maximum absolute atomic E-state index is 13.6. The molecule has 0 saturated carbocycles. The molecule has 9 heteroatoms. The van der Waals surface area contributed by atoms with Crippen LogP contribution in [0.5, 0.6) is 0 Å². The molecule has 0 aliphatic carbocycles. The Balaban J connectivity index is 1.72. The zero-order valence-electron chi connectivity index (χ0n) is 12.2. The first-order chi connectivity index (χ1) is 11.5. The van der Waals surface area contributed by atoms with Gasteiger partial charge in [-0.25, -0.2) is 19.1 Å². The number of rotatable bonds is 4. The predicted molar refractivity (Wildman–Crippen MR) is 85.4 cm³/mol. The Hall–Kier alpha value is -3.07. The van der Waals surface area contributed by atoms with Crippen LogP contribution < -0.4 is 10.6 Å². The lowest BCUT2D eigenvalue weighted by Gasteiger charge is -2.10. The summed E-state index contributed by atoms with van der Waals surface area (Å²) in [5, 5.41) is 6.86. The van der Waals surface area contributed by atoms with Gasteiger partial charge in [-0.05, 0) is 12.1 Å². The predicted octanol–water partition coefficient (Wildman–Crippen LogP) is 1.81. The number of anilines is 1. The van der Waals surface area contributed by atoms with Gasteiger partial charge in [-0.3, -0.25) is 9.59 Å². The number of benzene rings is 1. The van der Waals surface area contributed by atoms with Crippen molar-refractivity contribution in [2.24, 2.45) is 0 Å². The Labute approximate surface area is 139 Å². The van der Waals surface area contributed by atoms with Crippen molar-refractivity contribution in [1.82, 2.24) is 15.2 Å². The molecule has 1 fully saturated rings. The molecule has 2 aromatic rings. The van der Waals surface area contributed by atoms with Crippen molar-refractivity contribution < 1.29 is 18.8 Å². The molecule has 1 saturated heterocycles. The Bertz CT molecular complexity index is 835. The first-order valence-corrected chi connectivity index (χ1v) is 7.71. The lowest BCUT2D eigenvalue weighted by atomic mass is 10.2. The Morgan fingerprint density at radius 2 is 2.17 bits per heavy atom. The summed E-state index contributed by atoms with van der Waals surface area (Å²) in [6, 6.07) is 5.10. The van der Waals surface area contributed by atoms with Crippen LogP contribution in [0.1, 0.15) is 5.56 Å². The molecule has 0 radical (unpaired) electrons. The van der Waals surface area contributed by atoms with Crippen LogP contribution in [-0.2, 0) is 9.59 Å². The van der Waals surface area contributed by atoms with Crippen LogP contribution >= 0.6 is 11.3 Å². The standard InChI is InChI=1S/C15H11FN4O3S/c16-10-4-2-1-3-9(10)7-11-13(22)20(15(23)18-11)8-12(21)19-14-17-5-6-24-14/h1-7H,8H2,(H,18,23)(H,17,19,21)/b11-7-. The number of halogens is 1. The van der Waals surface area contributed by atoms with Crippen molar-refractivity contribution in [3.63, 3.8) is 0 Å². The summed E-state index contributed by atoms with van der Waals surface area (Å²) < 4.78 is 13.6. The third kappa shape index (κ3) is 3.30. The van der Waals surface area contributed by atoms with E-state index >= 15 is 0 Å². The summed E-state index contributed by atoms with van der Waals surface area (Å²) in [6.45, 7) is -0.459. The monoisotopic (exact) mass is 346 g/mol. The number of hydrogen-bond acceptors (Lipinski definition) is 5. The van der Waals surface area contributed by atoms with E-state index in [0.29, 0.717) is 5.13 Å². The molecule has 0 unspecified atom stereocenters. The smallest absolute Gasteiger partial charge is 0.303 e. The van der Waals surface area contributed by atoms with Gasteiger partial charge in [-0.15, -0.1) is 11.3 Å². The number of nitrogens with one attached hydrogen (secondary N) is 2. The van der Waals surface area contributed by atoms with Crippen molar-refractivity contribution in [2.75, 3.05) is 11.9 Å². The number of amides is 4. The van der Waals surface area contributed by atoms with E-state index in [-0.39, 0.29) is 11.3 Å². The molecule has 1 aromatic heterocycles. The van der Waals surface area contributed by atoms with Crippen LogP contribution in [0.15, 0.2) is 41.5 Å². The highest BCUT2D eigenvalue weighted by Crippen LogP contribution is 2.16. The summed E-state index contributed by atoms with van der Waals surface area (Å²) in [5.41, 5.74) is 0.0717. The van der Waals surface area contributed by atoms with Crippen molar-refractivity contribution in [3.8, 4) is 0 Å². The average Bonchev–Trinajstić information content (AvgIpc) is 3.14. The second-order valence-electron chi connectivity index (χ2n) is 4.79. The quantitative estimate of drug-likeness (QED) is 0.652. The number of carbonyl (C=O) groups excluding carboxylic acids is 3. The fraction of sp³-hybridized carbons (Fsp3) is 0.0667. The van der Waals surface area contributed by atoms with Gasteiger partial charge in [-0.1, -0.05) is 18.2 Å². The summed E-state index contributed by atoms with van der Waals surface area (Å²) in [5.74, 6) is -1.77. The van der Waals surface area contributed by atoms with Crippen LogP contribution in [0.2, 0.25) is 0 Å². The number of aromatic nitrogens is 1. The molecule has 0 atom stereocenters. The lowest BCUT2D eigenvalue weighted by molar-refractivity contribution is -0.127. The van der Waals surface area contributed by atoms with Crippen molar-refractivity contribution in [1.29, 1.82) is 0 Å². The van der Waals surface area contributed by atoms with Crippen LogP contribution in [0, 0.1) is 5.82 Å². The van der Waals surface area contributed by atoms with Gasteiger partial charge in [0.15, 0.2) is 5.13 Å². The second kappa shape index (κ2) is 6.59. The highest BCUT2D eigenvalue weighted by molar-refractivity contribution is 7.13. The maximum Gasteiger partial charge on any atom is 0.329 e. The molecule has 4 amide bonds. The molecule has 24 heavy (non-hydrogen) atoms. The van der Waals surface area contributed by atoms with Gasteiger partial charge in [0.2, 0.25) is 5.91 Å². The Kier molecular flexibility index (Phi) is 4.34. The summed E-state index contributed by atoms with van der Waals surface area (Å²) >= 11 is 1.21. The van der Waals surface area contributed by atoms with E-state index in [1.54, 1.807) is 11.4 Å². The minimum atomic E-state index is -0.739. The average molecular weight is 346 g/mol. The van der Waals surface area contributed by atoms with Gasteiger partial charge in [0.1, 0.15) is 18.1 Å². The zero-order valence-corrected chi connectivity index (χ0v) is 13.0. The number of nitrogens with zero attached hydrogens (tertiary/aromatic N) is 2. The normalized spacial score (nSPS) is 15.7. The van der Waals surface area contributed by atoms with Crippen LogP contribution in [0.3, 0.4) is 0 Å². The highest BCUT2D eigenvalue weighted by Gasteiger charge is 2.35. The SMILES string of the molecule is O=C(CN1C(=O)N/C(=C\c2ccccc2F)C1=O)Nc1nccs1. The summed E-state index contributed by atoms with van der Waals surface area (Å²) in [7, 11) is 0. The molecule has 1 aliphatic heterocycles. The second-order valence-corrected chi connectivity index (χ2v) is 5.68. The van der Waals surface area contributed by atoms with Gasteiger partial charge >= 0.3 is 6.03 Å². The van der Waals surface area contributed by atoms with E-state index < -0.39 is 30.2 Å². The minimum Gasteiger partial charge on any atom is -0.303 e. The molecule has 0 bridgehead atoms. The molecule has 1 aliphatic rings. The number of imide groups is 1. The summed E-state index contributed by atoms with van der Waals surface area (Å²) in [6.07, 6.45) is 2.75. The molecule has 3 rings (SSSR count). The van der Waals surface area contributed by atoms with Crippen molar-refractivity contribution >= 4 is 40.4 Å². The van der Waals surface area contributed by atoms with E-state index in [1.807, 2.05) is 0 Å². The first-order valence-electron chi connectivity index (χ1n) is 6.83. The molecule has 7 nitrogen and oxygen atoms in total. The molecular formula is C15H11FN4O3S. The van der Waals surface area contributed by atoms with Gasteiger partial charge in [0.05, 0.1) is 0 Å². The van der Waals surface area contributed by atoms with E-state index in [1.165, 1.54) is 41.8 Å². The largest absolute Gasteiger partial charge is 0.329 e. The fourth-order valence-electron chi connectivity index (χ4n) is 2.05. The lowest BCUT2D eigenvalue weighted by Crippen LogP contribution is -2.38. The van der Waals surface area contributed by atoms with Gasteiger partial charge in [0, 0.05) is 17.1 Å². The fourth-order valence-corrected chi connectivity index (χ4v) is 2.60. The van der Waals surface area contributed by atoms with E-state index in [4.69, 9.17) is 0 Å². The van der Waals surface area contributed by atoms with Crippen molar-refractivity contribution in [2.45, 2.75) is 0 Å². The first kappa shape index (κ1) is 15.8.